The summed E-state index contributed by atoms with van der Waals surface area (Å²) in [6.45, 7) is 6.13. The molecule has 0 radical (unpaired) electrons. The third kappa shape index (κ3) is 8.38. The molecule has 0 unspecified atom stereocenters. The maximum absolute atomic E-state index is 13.7. The molecule has 10 nitrogen and oxygen atoms in total. The van der Waals surface area contributed by atoms with Crippen LogP contribution in [-0.2, 0) is 32.5 Å². The molecule has 0 bridgehead atoms. The van der Waals surface area contributed by atoms with Crippen LogP contribution in [0.25, 0.3) is 0 Å². The third-order valence-electron chi connectivity index (χ3n) is 7.92. The summed E-state index contributed by atoms with van der Waals surface area (Å²) in [5.41, 5.74) is 2.33. The van der Waals surface area contributed by atoms with Crippen molar-refractivity contribution in [2.45, 2.75) is 69.9 Å². The van der Waals surface area contributed by atoms with E-state index in [0.717, 1.165) is 22.9 Å². The van der Waals surface area contributed by atoms with E-state index in [1.54, 1.807) is 0 Å². The average molecular weight is 601 g/mol. The van der Waals surface area contributed by atoms with Gasteiger partial charge in [0.15, 0.2) is 0 Å². The molecule has 11 heteroatoms. The second-order valence-corrected chi connectivity index (χ2v) is 14.6. The highest BCUT2D eigenvalue weighted by molar-refractivity contribution is 7.88. The number of hydrogen-bond donors (Lipinski definition) is 4. The number of nitrogens with one attached hydrogen (secondary N) is 2. The third-order valence-corrected chi connectivity index (χ3v) is 9.19. The van der Waals surface area contributed by atoms with Crippen LogP contribution in [0, 0.1) is 5.92 Å². The van der Waals surface area contributed by atoms with Crippen molar-refractivity contribution in [1.29, 1.82) is 0 Å². The van der Waals surface area contributed by atoms with Crippen molar-refractivity contribution >= 4 is 21.8 Å². The minimum absolute atomic E-state index is 0.0135. The lowest BCUT2D eigenvalue weighted by molar-refractivity contribution is -0.131. The molecule has 1 aliphatic heterocycles. The molecule has 5 atom stereocenters. The summed E-state index contributed by atoms with van der Waals surface area (Å²) in [6.07, 6.45) is 0.421. The fraction of sp³-hybridized carbons (Fsp3) is 0.548. The second-order valence-electron chi connectivity index (χ2n) is 12.6. The first-order chi connectivity index (χ1) is 19.7. The number of fused-ring (bicyclic) bond motifs is 1. The van der Waals surface area contributed by atoms with E-state index in [-0.39, 0.29) is 44.4 Å². The number of carbonyl (C=O) groups excluding carboxylic acids is 2. The normalized spacial score (nSPS) is 23.1. The van der Waals surface area contributed by atoms with E-state index in [2.05, 4.69) is 10.6 Å². The highest BCUT2D eigenvalue weighted by atomic mass is 32.2. The molecule has 0 aromatic heterocycles. The minimum atomic E-state index is -3.50. The number of benzene rings is 2. The summed E-state index contributed by atoms with van der Waals surface area (Å²) in [6, 6.07) is 15.9. The van der Waals surface area contributed by atoms with Crippen molar-refractivity contribution in [3.8, 4) is 0 Å². The molecular formula is C31H44N4O6S. The van der Waals surface area contributed by atoms with Crippen LogP contribution in [0.2, 0.25) is 0 Å². The Balaban J connectivity index is 1.50. The van der Waals surface area contributed by atoms with Crippen molar-refractivity contribution in [3.63, 3.8) is 0 Å². The van der Waals surface area contributed by atoms with Gasteiger partial charge in [0, 0.05) is 44.1 Å². The molecule has 4 rings (SSSR count). The van der Waals surface area contributed by atoms with Crippen LogP contribution in [0.4, 0.5) is 0 Å². The Kier molecular flexibility index (Phi) is 10.1. The highest BCUT2D eigenvalue weighted by Crippen LogP contribution is 2.32. The first-order valence-electron chi connectivity index (χ1n) is 14.5. The average Bonchev–Trinajstić information content (AvgIpc) is 3.22. The molecule has 1 saturated heterocycles. The molecule has 1 heterocycles. The summed E-state index contributed by atoms with van der Waals surface area (Å²) in [4.78, 5) is 28.7. The Morgan fingerprint density at radius 2 is 1.71 bits per heavy atom. The molecule has 2 aliphatic rings. The molecule has 0 spiro atoms. The van der Waals surface area contributed by atoms with Gasteiger partial charge in [-0.3, -0.25) is 14.5 Å². The molecule has 42 heavy (non-hydrogen) atoms. The predicted molar refractivity (Wildman–Crippen MR) is 161 cm³/mol. The topological polar surface area (TPSA) is 139 Å². The molecule has 2 amide bonds. The molecule has 1 fully saturated rings. The van der Waals surface area contributed by atoms with E-state index in [9.17, 15) is 28.2 Å². The van der Waals surface area contributed by atoms with Gasteiger partial charge in [-0.1, -0.05) is 54.6 Å². The van der Waals surface area contributed by atoms with Crippen LogP contribution in [0.15, 0.2) is 54.6 Å². The van der Waals surface area contributed by atoms with Gasteiger partial charge < -0.3 is 20.8 Å². The van der Waals surface area contributed by atoms with Gasteiger partial charge in [0.05, 0.1) is 24.5 Å². The summed E-state index contributed by atoms with van der Waals surface area (Å²) >= 11 is 0. The Morgan fingerprint density at radius 1 is 1.05 bits per heavy atom. The largest absolute Gasteiger partial charge is 0.392 e. The van der Waals surface area contributed by atoms with Gasteiger partial charge in [-0.2, -0.15) is 4.31 Å². The molecule has 1 aliphatic carbocycles. The van der Waals surface area contributed by atoms with Crippen LogP contribution in [0.3, 0.4) is 0 Å². The number of sulfonamides is 1. The molecule has 4 N–H and O–H groups in total. The smallest absolute Gasteiger partial charge is 0.239 e. The first kappa shape index (κ1) is 32.1. The number of rotatable bonds is 10. The van der Waals surface area contributed by atoms with Crippen LogP contribution in [0.1, 0.15) is 49.9 Å². The zero-order chi connectivity index (χ0) is 30.7. The molecule has 230 valence electrons. The molecule has 0 saturated carbocycles. The van der Waals surface area contributed by atoms with Crippen molar-refractivity contribution < 1.29 is 28.2 Å². The van der Waals surface area contributed by atoms with Crippen molar-refractivity contribution in [2.75, 3.05) is 32.4 Å². The van der Waals surface area contributed by atoms with Crippen LogP contribution in [-0.4, -0.2) is 95.9 Å². The Bertz CT molecular complexity index is 1350. The number of aliphatic hydroxyl groups is 2. The SMILES string of the molecule is CC(C)(C)NC(=O)[C@@H]1CN(S(C)(=O)=O)CCN1C[C@@H](O)C[C@H](Cc1ccccc1)C(=O)N[C@H]1c2ccccc2C[C@H]1O. The van der Waals surface area contributed by atoms with Crippen LogP contribution in [0.5, 0.6) is 0 Å². The van der Waals surface area contributed by atoms with Gasteiger partial charge in [-0.25, -0.2) is 8.42 Å². The number of nitrogens with zero attached hydrogens (tertiary/aromatic N) is 2. The van der Waals surface area contributed by atoms with Crippen molar-refractivity contribution in [2.24, 2.45) is 5.92 Å². The summed E-state index contributed by atoms with van der Waals surface area (Å²) in [5.74, 6) is -1.17. The van der Waals surface area contributed by atoms with Crippen LogP contribution >= 0.6 is 0 Å². The van der Waals surface area contributed by atoms with E-state index >= 15 is 0 Å². The zero-order valence-electron chi connectivity index (χ0n) is 24.9. The van der Waals surface area contributed by atoms with Gasteiger partial charge in [0.1, 0.15) is 6.04 Å². The van der Waals surface area contributed by atoms with E-state index in [4.69, 9.17) is 0 Å². The standard InChI is InChI=1S/C31H44N4O6S/c1-31(2,3)33-30(39)26-20-35(42(4,40)41)15-14-34(26)19-24(36)17-23(16-21-10-6-5-7-11-21)29(38)32-28-25-13-9-8-12-22(25)18-27(28)37/h5-13,23-24,26-28,36-37H,14-20H2,1-4H3,(H,32,38)(H,33,39)/t23-,24-,26-,27+,28-/m0/s1. The number of carbonyl (C=O) groups is 2. The van der Waals surface area contributed by atoms with E-state index in [1.807, 2.05) is 80.3 Å². The maximum atomic E-state index is 13.7. The summed E-state index contributed by atoms with van der Waals surface area (Å²) < 4.78 is 25.8. The minimum Gasteiger partial charge on any atom is -0.392 e. The zero-order valence-corrected chi connectivity index (χ0v) is 25.7. The Hall–Kier alpha value is -2.83. The van der Waals surface area contributed by atoms with Crippen LogP contribution < -0.4 is 10.6 Å². The molecular weight excluding hydrogens is 556 g/mol. The number of amides is 2. The van der Waals surface area contributed by atoms with E-state index in [1.165, 1.54) is 4.31 Å². The van der Waals surface area contributed by atoms with Gasteiger partial charge in [-0.05, 0) is 50.3 Å². The lowest BCUT2D eigenvalue weighted by Crippen LogP contribution is -2.62. The first-order valence-corrected chi connectivity index (χ1v) is 16.4. The fourth-order valence-electron chi connectivity index (χ4n) is 5.89. The molecule has 2 aromatic rings. The monoisotopic (exact) mass is 600 g/mol. The number of β-amino-alcohol motifs (C(OH)–C–C–N with tert-alkyl or cyclic N) is 1. The Morgan fingerprint density at radius 3 is 2.38 bits per heavy atom. The van der Waals surface area contributed by atoms with Gasteiger partial charge in [0.25, 0.3) is 0 Å². The number of hydrogen-bond acceptors (Lipinski definition) is 7. The summed E-state index contributed by atoms with van der Waals surface area (Å²) in [7, 11) is -3.50. The molecule has 2 aromatic carbocycles. The van der Waals surface area contributed by atoms with Crippen molar-refractivity contribution in [3.05, 3.63) is 71.3 Å². The lowest BCUT2D eigenvalue weighted by atomic mass is 9.91. The predicted octanol–water partition coefficient (Wildman–Crippen LogP) is 1.23. The van der Waals surface area contributed by atoms with E-state index < -0.39 is 45.8 Å². The lowest BCUT2D eigenvalue weighted by Gasteiger charge is -2.41. The van der Waals surface area contributed by atoms with E-state index in [0.29, 0.717) is 12.8 Å². The Labute approximate surface area is 249 Å². The van der Waals surface area contributed by atoms with Crippen molar-refractivity contribution in [1.82, 2.24) is 19.8 Å². The second kappa shape index (κ2) is 13.2. The fourth-order valence-corrected chi connectivity index (χ4v) is 6.72. The van der Waals surface area contributed by atoms with Gasteiger partial charge >= 0.3 is 0 Å². The van der Waals surface area contributed by atoms with Gasteiger partial charge in [-0.15, -0.1) is 0 Å². The summed E-state index contributed by atoms with van der Waals surface area (Å²) in [5, 5.41) is 28.0. The maximum Gasteiger partial charge on any atom is 0.239 e. The highest BCUT2D eigenvalue weighted by Gasteiger charge is 2.39. The van der Waals surface area contributed by atoms with Gasteiger partial charge in [0.2, 0.25) is 21.8 Å². The number of piperazine rings is 1. The quantitative estimate of drug-likeness (QED) is 0.322. The number of aliphatic hydroxyl groups excluding tert-OH is 2.